The maximum Gasteiger partial charge on any atom is 0.460 e. The fraction of sp³-hybridized carbons (Fsp3) is 0.867. The molecule has 0 aromatic carbocycles. The van der Waals surface area contributed by atoms with Gasteiger partial charge < -0.3 is 20.8 Å². The smallest absolute Gasteiger partial charge is 0.460 e. The Kier molecular flexibility index (Phi) is 10.0. The van der Waals surface area contributed by atoms with Crippen molar-refractivity contribution >= 4 is 12.2 Å². The molecule has 2 amide bonds. The first-order valence-corrected chi connectivity index (χ1v) is 8.81. The van der Waals surface area contributed by atoms with Crippen molar-refractivity contribution in [2.45, 2.75) is 68.3 Å². The summed E-state index contributed by atoms with van der Waals surface area (Å²) >= 11 is 0. The fourth-order valence-electron chi connectivity index (χ4n) is 2.69. The lowest BCUT2D eigenvalue weighted by Gasteiger charge is -2.37. The first kappa shape index (κ1) is 30.7. The molecule has 0 bridgehead atoms. The summed E-state index contributed by atoms with van der Waals surface area (Å²) in [5.41, 5.74) is 0. The van der Waals surface area contributed by atoms with Gasteiger partial charge in [-0.2, -0.15) is 52.7 Å². The van der Waals surface area contributed by atoms with E-state index in [1.807, 2.05) is 5.32 Å². The number of carbonyl (C=O) groups is 2. The van der Waals surface area contributed by atoms with Crippen LogP contribution in [0.25, 0.3) is 0 Å². The summed E-state index contributed by atoms with van der Waals surface area (Å²) in [5.74, 6) is -25.0. The molecule has 18 heteroatoms. The largest absolute Gasteiger partial charge is 0.465 e. The van der Waals surface area contributed by atoms with Crippen LogP contribution in [0.4, 0.5) is 62.3 Å². The van der Waals surface area contributed by atoms with E-state index >= 15 is 0 Å². The molecule has 0 saturated heterocycles. The van der Waals surface area contributed by atoms with Gasteiger partial charge in [0.05, 0.1) is 5.92 Å². The predicted octanol–water partition coefficient (Wildman–Crippen LogP) is 5.49. The Bertz CT molecular complexity index is 666. The molecule has 196 valence electrons. The molecule has 0 fully saturated rings. The first-order valence-electron chi connectivity index (χ1n) is 8.81. The highest BCUT2D eigenvalue weighted by Gasteiger charge is 2.82. The second-order valence-corrected chi connectivity index (χ2v) is 6.84. The van der Waals surface area contributed by atoms with Crippen LogP contribution in [-0.2, 0) is 0 Å². The number of halogens is 12. The van der Waals surface area contributed by atoms with Gasteiger partial charge in [0.1, 0.15) is 0 Å². The van der Waals surface area contributed by atoms with Crippen molar-refractivity contribution in [3.63, 3.8) is 0 Å². The topological polar surface area (TPSA) is 98.7 Å². The van der Waals surface area contributed by atoms with Gasteiger partial charge in [-0.3, -0.25) is 0 Å². The summed E-state index contributed by atoms with van der Waals surface area (Å²) in [6, 6.07) is -2.61. The number of hydrogen-bond acceptors (Lipinski definition) is 2. The maximum atomic E-state index is 13.8. The first-order chi connectivity index (χ1) is 14.6. The zero-order valence-electron chi connectivity index (χ0n) is 16.1. The molecule has 0 aromatic rings. The van der Waals surface area contributed by atoms with E-state index in [4.69, 9.17) is 10.2 Å². The number of carboxylic acid groups (broad SMARTS) is 2. The second kappa shape index (κ2) is 10.8. The van der Waals surface area contributed by atoms with Crippen molar-refractivity contribution < 1.29 is 72.5 Å². The second-order valence-electron chi connectivity index (χ2n) is 6.84. The Hall–Kier alpha value is -2.30. The van der Waals surface area contributed by atoms with Crippen LogP contribution in [0, 0.1) is 5.92 Å². The van der Waals surface area contributed by atoms with Crippen molar-refractivity contribution in [1.29, 1.82) is 0 Å². The predicted molar refractivity (Wildman–Crippen MR) is 84.5 cm³/mol. The van der Waals surface area contributed by atoms with E-state index in [-0.39, 0.29) is 19.4 Å². The molecule has 0 aliphatic rings. The van der Waals surface area contributed by atoms with Gasteiger partial charge in [0.25, 0.3) is 0 Å². The van der Waals surface area contributed by atoms with E-state index < -0.39 is 73.5 Å². The quantitative estimate of drug-likeness (QED) is 0.203. The van der Waals surface area contributed by atoms with E-state index in [9.17, 15) is 62.3 Å². The Morgan fingerprint density at radius 3 is 1.64 bits per heavy atom. The molecule has 6 nitrogen and oxygen atoms in total. The van der Waals surface area contributed by atoms with E-state index in [1.165, 1.54) is 0 Å². The van der Waals surface area contributed by atoms with Gasteiger partial charge in [0.2, 0.25) is 0 Å². The SMILES string of the molecule is O=C(O)NCCCCCC(NC(=O)O)C(CC(F)(F)C(F)(F)C(F)(F)C(F)(F)F)C(F)(F)F. The highest BCUT2D eigenvalue weighted by Crippen LogP contribution is 2.55. The highest BCUT2D eigenvalue weighted by molar-refractivity contribution is 5.65. The van der Waals surface area contributed by atoms with Crippen molar-refractivity contribution in [3.8, 4) is 0 Å². The zero-order valence-corrected chi connectivity index (χ0v) is 16.1. The van der Waals surface area contributed by atoms with Crippen molar-refractivity contribution in [1.82, 2.24) is 10.6 Å². The standard InChI is InChI=1S/C15H18F12N2O4/c16-11(17,13(21,22)14(23,24)15(25,26)27)6-7(12(18,19)20)8(29-10(32)33)4-2-1-3-5-28-9(30)31/h7-8,28-29H,1-6H2,(H,30,31)(H,32,33). The normalized spacial score (nSPS) is 15.6. The molecular formula is C15H18F12N2O4. The van der Waals surface area contributed by atoms with Crippen molar-refractivity contribution in [3.05, 3.63) is 0 Å². The number of alkyl halides is 12. The molecule has 33 heavy (non-hydrogen) atoms. The molecule has 0 spiro atoms. The molecule has 0 radical (unpaired) electrons. The summed E-state index contributed by atoms with van der Waals surface area (Å²) in [5, 5.41) is 20.0. The van der Waals surface area contributed by atoms with Crippen LogP contribution >= 0.6 is 0 Å². The van der Waals surface area contributed by atoms with E-state index in [0.717, 1.165) is 5.32 Å². The summed E-state index contributed by atoms with van der Waals surface area (Å²) in [6.45, 7) is -0.203. The molecule has 0 saturated carbocycles. The summed E-state index contributed by atoms with van der Waals surface area (Å²) in [7, 11) is 0. The molecule has 0 heterocycles. The van der Waals surface area contributed by atoms with Crippen LogP contribution in [0.2, 0.25) is 0 Å². The van der Waals surface area contributed by atoms with E-state index in [2.05, 4.69) is 0 Å². The van der Waals surface area contributed by atoms with Crippen LogP contribution in [0.5, 0.6) is 0 Å². The van der Waals surface area contributed by atoms with Crippen LogP contribution < -0.4 is 10.6 Å². The zero-order chi connectivity index (χ0) is 26.5. The fourth-order valence-corrected chi connectivity index (χ4v) is 2.69. The molecule has 0 aromatic heterocycles. The Labute approximate surface area is 177 Å². The van der Waals surface area contributed by atoms with Gasteiger partial charge in [-0.25, -0.2) is 9.59 Å². The van der Waals surface area contributed by atoms with Crippen molar-refractivity contribution in [2.24, 2.45) is 5.92 Å². The number of hydrogen-bond donors (Lipinski definition) is 4. The Morgan fingerprint density at radius 2 is 1.24 bits per heavy atom. The lowest BCUT2D eigenvalue weighted by atomic mass is 9.85. The Balaban J connectivity index is 5.77. The third kappa shape index (κ3) is 8.21. The van der Waals surface area contributed by atoms with Gasteiger partial charge in [-0.05, 0) is 12.8 Å². The molecule has 4 N–H and O–H groups in total. The minimum Gasteiger partial charge on any atom is -0.465 e. The van der Waals surface area contributed by atoms with E-state index in [0.29, 0.717) is 0 Å². The lowest BCUT2D eigenvalue weighted by Crippen LogP contribution is -2.62. The molecule has 2 atom stereocenters. The number of nitrogens with one attached hydrogen (secondary N) is 2. The van der Waals surface area contributed by atoms with Crippen LogP contribution in [-0.4, -0.2) is 65.1 Å². The minimum absolute atomic E-state index is 0.0190. The third-order valence-electron chi connectivity index (χ3n) is 4.37. The van der Waals surface area contributed by atoms with E-state index in [1.54, 1.807) is 0 Å². The number of unbranched alkanes of at least 4 members (excludes halogenated alkanes) is 2. The molecular weight excluding hydrogens is 500 g/mol. The molecule has 0 aliphatic carbocycles. The maximum absolute atomic E-state index is 13.8. The monoisotopic (exact) mass is 518 g/mol. The minimum atomic E-state index is -7.40. The summed E-state index contributed by atoms with van der Waals surface area (Å²) < 4.78 is 157. The van der Waals surface area contributed by atoms with Gasteiger partial charge in [0, 0.05) is 19.0 Å². The number of rotatable bonds is 12. The van der Waals surface area contributed by atoms with Gasteiger partial charge >= 0.3 is 42.3 Å². The third-order valence-corrected chi connectivity index (χ3v) is 4.37. The highest BCUT2D eigenvalue weighted by atomic mass is 19.4. The van der Waals surface area contributed by atoms with Crippen LogP contribution in [0.15, 0.2) is 0 Å². The molecule has 0 rings (SSSR count). The van der Waals surface area contributed by atoms with Gasteiger partial charge in [0.15, 0.2) is 0 Å². The van der Waals surface area contributed by atoms with Gasteiger partial charge in [-0.15, -0.1) is 0 Å². The molecule has 0 aliphatic heterocycles. The van der Waals surface area contributed by atoms with Crippen LogP contribution in [0.3, 0.4) is 0 Å². The lowest BCUT2D eigenvalue weighted by molar-refractivity contribution is -0.400. The number of amides is 2. The molecule has 2 unspecified atom stereocenters. The average molecular weight is 518 g/mol. The van der Waals surface area contributed by atoms with Gasteiger partial charge in [-0.1, -0.05) is 12.8 Å². The van der Waals surface area contributed by atoms with Crippen LogP contribution in [0.1, 0.15) is 32.1 Å². The summed E-state index contributed by atoms with van der Waals surface area (Å²) in [4.78, 5) is 21.0. The Morgan fingerprint density at radius 1 is 0.727 bits per heavy atom. The average Bonchev–Trinajstić information content (AvgIpc) is 2.58. The summed E-state index contributed by atoms with van der Waals surface area (Å²) in [6.07, 6.45) is -21.6. The van der Waals surface area contributed by atoms with Crippen molar-refractivity contribution in [2.75, 3.05) is 6.54 Å².